The fourth-order valence-electron chi connectivity index (χ4n) is 4.21. The molecule has 1 aliphatic carbocycles. The second kappa shape index (κ2) is 9.29. The number of aliphatic imine (C=N–C) groups is 1. The summed E-state index contributed by atoms with van der Waals surface area (Å²) < 4.78 is 5.32. The van der Waals surface area contributed by atoms with Crippen molar-refractivity contribution < 1.29 is 9.53 Å². The summed E-state index contributed by atoms with van der Waals surface area (Å²) in [5, 5.41) is 3.85. The number of thiophene rings is 1. The van der Waals surface area contributed by atoms with Crippen molar-refractivity contribution in [3.8, 4) is 5.75 Å². The number of anilines is 1. The number of carbonyl (C=O) groups excluding carboxylic acids is 1. The Morgan fingerprint density at radius 1 is 1.16 bits per heavy atom. The zero-order chi connectivity index (χ0) is 22.7. The molecule has 4 nitrogen and oxygen atoms in total. The molecule has 4 rings (SSSR count). The van der Waals surface area contributed by atoms with Gasteiger partial charge in [-0.2, -0.15) is 0 Å². The number of methoxy groups -OCH3 is 1. The molecule has 0 radical (unpaired) electrons. The quantitative estimate of drug-likeness (QED) is 0.433. The van der Waals surface area contributed by atoms with Crippen LogP contribution >= 0.6 is 11.3 Å². The normalized spacial score (nSPS) is 16.1. The maximum atomic E-state index is 13.4. The lowest BCUT2D eigenvalue weighted by Gasteiger charge is -2.33. The SMILES string of the molecule is COc1cccc(C=Nc2sc3c(c2C(=O)Nc2ccccc2)CCC(C(C)(C)C)C3)c1. The highest BCUT2D eigenvalue weighted by molar-refractivity contribution is 7.16. The lowest BCUT2D eigenvalue weighted by atomic mass is 9.72. The van der Waals surface area contributed by atoms with Crippen LogP contribution in [0.5, 0.6) is 5.75 Å². The monoisotopic (exact) mass is 446 g/mol. The summed E-state index contributed by atoms with van der Waals surface area (Å²) in [6, 6.07) is 17.4. The molecule has 0 fully saturated rings. The second-order valence-electron chi connectivity index (χ2n) is 9.34. The van der Waals surface area contributed by atoms with Crippen LogP contribution in [0, 0.1) is 11.3 Å². The minimum absolute atomic E-state index is 0.0827. The summed E-state index contributed by atoms with van der Waals surface area (Å²) in [7, 11) is 1.65. The van der Waals surface area contributed by atoms with E-state index in [1.807, 2.05) is 60.8 Å². The summed E-state index contributed by atoms with van der Waals surface area (Å²) in [6.45, 7) is 6.92. The summed E-state index contributed by atoms with van der Waals surface area (Å²) in [6.07, 6.45) is 4.84. The van der Waals surface area contributed by atoms with E-state index in [0.717, 1.165) is 46.8 Å². The number of amides is 1. The van der Waals surface area contributed by atoms with Crippen LogP contribution in [0.4, 0.5) is 10.7 Å². The second-order valence-corrected chi connectivity index (χ2v) is 10.4. The summed E-state index contributed by atoms with van der Waals surface area (Å²) in [5.74, 6) is 1.31. The van der Waals surface area contributed by atoms with E-state index in [9.17, 15) is 4.79 Å². The van der Waals surface area contributed by atoms with Crippen molar-refractivity contribution in [2.75, 3.05) is 12.4 Å². The highest BCUT2D eigenvalue weighted by Crippen LogP contribution is 2.45. The van der Waals surface area contributed by atoms with Gasteiger partial charge in [0.25, 0.3) is 5.91 Å². The third kappa shape index (κ3) is 4.94. The Morgan fingerprint density at radius 3 is 2.66 bits per heavy atom. The first-order valence-corrected chi connectivity index (χ1v) is 11.9. The van der Waals surface area contributed by atoms with E-state index in [1.165, 1.54) is 10.4 Å². The van der Waals surface area contributed by atoms with Gasteiger partial charge in [-0.1, -0.05) is 51.1 Å². The Bertz CT molecular complexity index is 1130. The molecule has 3 aromatic rings. The summed E-state index contributed by atoms with van der Waals surface area (Å²) in [4.78, 5) is 19.4. The van der Waals surface area contributed by atoms with Gasteiger partial charge in [-0.25, -0.2) is 4.99 Å². The lowest BCUT2D eigenvalue weighted by molar-refractivity contribution is 0.102. The van der Waals surface area contributed by atoms with Gasteiger partial charge in [0, 0.05) is 16.8 Å². The van der Waals surface area contributed by atoms with Crippen molar-refractivity contribution in [1.29, 1.82) is 0 Å². The van der Waals surface area contributed by atoms with Gasteiger partial charge in [0.15, 0.2) is 0 Å². The zero-order valence-corrected chi connectivity index (χ0v) is 20.0. The number of fused-ring (bicyclic) bond motifs is 1. The standard InChI is InChI=1S/C27H30N2O2S/c1-27(2,3)19-13-14-22-23(16-19)32-26(28-17-18-9-8-12-21(15-18)31-4)24(22)25(30)29-20-10-6-5-7-11-20/h5-12,15,17,19H,13-14,16H2,1-4H3,(H,29,30). The first-order valence-electron chi connectivity index (χ1n) is 11.0. The van der Waals surface area contributed by atoms with E-state index < -0.39 is 0 Å². The maximum absolute atomic E-state index is 13.4. The third-order valence-electron chi connectivity index (χ3n) is 6.15. The number of hydrogen-bond acceptors (Lipinski definition) is 4. The van der Waals surface area contributed by atoms with Crippen LogP contribution in [0.1, 0.15) is 53.6 Å². The van der Waals surface area contributed by atoms with Crippen molar-refractivity contribution in [2.45, 2.75) is 40.0 Å². The van der Waals surface area contributed by atoms with E-state index in [-0.39, 0.29) is 11.3 Å². The molecule has 0 saturated carbocycles. The van der Waals surface area contributed by atoms with Gasteiger partial charge in [0.05, 0.1) is 12.7 Å². The molecule has 1 N–H and O–H groups in total. The Hall–Kier alpha value is -2.92. The molecule has 2 aromatic carbocycles. The first kappa shape index (κ1) is 22.3. The molecule has 0 spiro atoms. The van der Waals surface area contributed by atoms with Gasteiger partial charge >= 0.3 is 0 Å². The number of ether oxygens (including phenoxy) is 1. The molecular formula is C27H30N2O2S. The van der Waals surface area contributed by atoms with Crippen LogP contribution in [0.2, 0.25) is 0 Å². The molecule has 1 atom stereocenters. The molecule has 0 aliphatic heterocycles. The third-order valence-corrected chi connectivity index (χ3v) is 7.32. The Labute approximate surface area is 194 Å². The number of hydrogen-bond donors (Lipinski definition) is 1. The molecular weight excluding hydrogens is 416 g/mol. The van der Waals surface area contributed by atoms with Gasteiger partial charge in [-0.15, -0.1) is 11.3 Å². The predicted molar refractivity (Wildman–Crippen MR) is 134 cm³/mol. The highest BCUT2D eigenvalue weighted by Gasteiger charge is 2.33. The van der Waals surface area contributed by atoms with Crippen LogP contribution in [-0.4, -0.2) is 19.2 Å². The average Bonchev–Trinajstić information content (AvgIpc) is 3.15. The Kier molecular flexibility index (Phi) is 6.47. The minimum Gasteiger partial charge on any atom is -0.497 e. The fraction of sp³-hybridized carbons (Fsp3) is 0.333. The molecule has 166 valence electrons. The van der Waals surface area contributed by atoms with Crippen molar-refractivity contribution in [2.24, 2.45) is 16.3 Å². The summed E-state index contributed by atoms with van der Waals surface area (Å²) >= 11 is 1.66. The van der Waals surface area contributed by atoms with Crippen molar-refractivity contribution in [3.05, 3.63) is 76.2 Å². The van der Waals surface area contributed by atoms with E-state index in [4.69, 9.17) is 9.73 Å². The topological polar surface area (TPSA) is 50.7 Å². The molecule has 5 heteroatoms. The molecule has 1 unspecified atom stereocenters. The first-order chi connectivity index (χ1) is 15.3. The smallest absolute Gasteiger partial charge is 0.259 e. The molecule has 0 bridgehead atoms. The van der Waals surface area contributed by atoms with Crippen LogP contribution in [0.3, 0.4) is 0 Å². The molecule has 1 aliphatic rings. The number of para-hydroxylation sites is 1. The van der Waals surface area contributed by atoms with E-state index >= 15 is 0 Å². The number of nitrogens with one attached hydrogen (secondary N) is 1. The largest absolute Gasteiger partial charge is 0.497 e. The summed E-state index contributed by atoms with van der Waals surface area (Å²) in [5.41, 5.74) is 3.88. The Morgan fingerprint density at radius 2 is 1.94 bits per heavy atom. The zero-order valence-electron chi connectivity index (χ0n) is 19.1. The van der Waals surface area contributed by atoms with Crippen LogP contribution in [-0.2, 0) is 12.8 Å². The van der Waals surface area contributed by atoms with Gasteiger partial charge in [0.1, 0.15) is 10.8 Å². The molecule has 1 aromatic heterocycles. The van der Waals surface area contributed by atoms with Crippen LogP contribution in [0.15, 0.2) is 59.6 Å². The number of rotatable bonds is 5. The maximum Gasteiger partial charge on any atom is 0.259 e. The fourth-order valence-corrected chi connectivity index (χ4v) is 5.47. The van der Waals surface area contributed by atoms with Crippen LogP contribution < -0.4 is 10.1 Å². The molecule has 0 saturated heterocycles. The van der Waals surface area contributed by atoms with Gasteiger partial charge < -0.3 is 10.1 Å². The van der Waals surface area contributed by atoms with Gasteiger partial charge in [-0.05, 0) is 66.0 Å². The van der Waals surface area contributed by atoms with Crippen molar-refractivity contribution in [3.63, 3.8) is 0 Å². The predicted octanol–water partition coefficient (Wildman–Crippen LogP) is 6.91. The number of nitrogens with zero attached hydrogens (tertiary/aromatic N) is 1. The highest BCUT2D eigenvalue weighted by atomic mass is 32.1. The van der Waals surface area contributed by atoms with Crippen molar-refractivity contribution >= 4 is 34.1 Å². The van der Waals surface area contributed by atoms with E-state index in [1.54, 1.807) is 18.4 Å². The molecule has 32 heavy (non-hydrogen) atoms. The van der Waals surface area contributed by atoms with Gasteiger partial charge in [-0.3, -0.25) is 4.79 Å². The van der Waals surface area contributed by atoms with E-state index in [2.05, 4.69) is 26.1 Å². The van der Waals surface area contributed by atoms with Gasteiger partial charge in [0.2, 0.25) is 0 Å². The molecule has 1 amide bonds. The van der Waals surface area contributed by atoms with E-state index in [0.29, 0.717) is 5.92 Å². The van der Waals surface area contributed by atoms with Crippen molar-refractivity contribution in [1.82, 2.24) is 0 Å². The minimum atomic E-state index is -0.0827. The number of benzene rings is 2. The lowest BCUT2D eigenvalue weighted by Crippen LogP contribution is -2.27. The average molecular weight is 447 g/mol. The van der Waals surface area contributed by atoms with Crippen LogP contribution in [0.25, 0.3) is 0 Å². The Balaban J connectivity index is 1.70. The molecule has 1 heterocycles. The number of carbonyl (C=O) groups is 1.